The highest BCUT2D eigenvalue weighted by Gasteiger charge is 2.16. The molecule has 0 aliphatic carbocycles. The first-order valence-corrected chi connectivity index (χ1v) is 7.05. The fourth-order valence-corrected chi connectivity index (χ4v) is 2.54. The summed E-state index contributed by atoms with van der Waals surface area (Å²) < 4.78 is 26.8. The van der Waals surface area contributed by atoms with Crippen LogP contribution in [0.4, 0.5) is 11.6 Å². The van der Waals surface area contributed by atoms with Crippen molar-refractivity contribution in [2.24, 2.45) is 0 Å². The second-order valence-corrected chi connectivity index (χ2v) is 5.81. The molecule has 6 nitrogen and oxygen atoms in total. The van der Waals surface area contributed by atoms with Gasteiger partial charge < -0.3 is 5.73 Å². The molecule has 0 radical (unpaired) electrons. The number of aromatic nitrogens is 2. The van der Waals surface area contributed by atoms with E-state index in [1.165, 1.54) is 12.4 Å². The number of nitrogens with one attached hydrogen (secondary N) is 1. The van der Waals surface area contributed by atoms with Crippen LogP contribution in [0.1, 0.15) is 11.1 Å². The minimum atomic E-state index is -3.70. The lowest BCUT2D eigenvalue weighted by Crippen LogP contribution is -2.15. The number of benzene rings is 1. The Balaban J connectivity index is 2.36. The lowest BCUT2D eigenvalue weighted by molar-refractivity contribution is 0.600. The van der Waals surface area contributed by atoms with Crippen LogP contribution in [0.15, 0.2) is 35.5 Å². The summed E-state index contributed by atoms with van der Waals surface area (Å²) in [5, 5.41) is 0. The topological polar surface area (TPSA) is 98.0 Å². The smallest absolute Gasteiger partial charge is 0.264 e. The molecule has 0 spiro atoms. The molecule has 0 atom stereocenters. The number of nitrogen functional groups attached to an aromatic ring is 1. The summed E-state index contributed by atoms with van der Waals surface area (Å²) in [6, 6.07) is 5.41. The molecule has 0 fully saturated rings. The lowest BCUT2D eigenvalue weighted by Gasteiger charge is -2.11. The second kappa shape index (κ2) is 4.85. The molecule has 0 aliphatic rings. The van der Waals surface area contributed by atoms with E-state index < -0.39 is 10.0 Å². The Kier molecular flexibility index (Phi) is 3.39. The van der Waals surface area contributed by atoms with Crippen molar-refractivity contribution in [2.75, 3.05) is 10.5 Å². The van der Waals surface area contributed by atoms with Gasteiger partial charge in [0.25, 0.3) is 10.0 Å². The van der Waals surface area contributed by atoms with E-state index in [0.29, 0.717) is 5.69 Å². The third-order valence-electron chi connectivity index (χ3n) is 2.81. The minimum Gasteiger partial charge on any atom is -0.368 e. The predicted molar refractivity (Wildman–Crippen MR) is 73.2 cm³/mol. The van der Waals surface area contributed by atoms with Crippen molar-refractivity contribution < 1.29 is 8.42 Å². The Morgan fingerprint density at radius 1 is 1.16 bits per heavy atom. The molecule has 0 saturated carbocycles. The molecule has 1 aromatic heterocycles. The molecular weight excluding hydrogens is 264 g/mol. The van der Waals surface area contributed by atoms with E-state index in [0.717, 1.165) is 11.1 Å². The third-order valence-corrected chi connectivity index (χ3v) is 4.13. The highest BCUT2D eigenvalue weighted by Crippen LogP contribution is 2.21. The molecule has 0 saturated heterocycles. The Labute approximate surface area is 111 Å². The first-order valence-electron chi connectivity index (χ1n) is 5.57. The van der Waals surface area contributed by atoms with Gasteiger partial charge in [-0.1, -0.05) is 12.1 Å². The number of aryl methyl sites for hydroxylation is 1. The zero-order valence-electron chi connectivity index (χ0n) is 10.6. The number of sulfonamides is 1. The molecule has 1 aromatic carbocycles. The average Bonchev–Trinajstić information content (AvgIpc) is 2.35. The Bertz CT molecular complexity index is 696. The molecule has 100 valence electrons. The summed E-state index contributed by atoms with van der Waals surface area (Å²) in [4.78, 5) is 7.32. The largest absolute Gasteiger partial charge is 0.368 e. The molecule has 2 rings (SSSR count). The molecule has 1 heterocycles. The number of nitrogens with zero attached hydrogens (tertiary/aromatic N) is 2. The summed E-state index contributed by atoms with van der Waals surface area (Å²) in [5.74, 6) is 0.0330. The van der Waals surface area contributed by atoms with Crippen LogP contribution in [0, 0.1) is 13.8 Å². The first kappa shape index (κ1) is 13.3. The second-order valence-electron chi connectivity index (χ2n) is 4.13. The number of nitrogens with two attached hydrogens (primary N) is 1. The minimum absolute atomic E-state index is 0.0254. The SMILES string of the molecule is Cc1cccc(NS(=O)(=O)c2cnc(N)nc2)c1C. The monoisotopic (exact) mass is 278 g/mol. The molecule has 0 bridgehead atoms. The van der Waals surface area contributed by atoms with Crippen molar-refractivity contribution in [2.45, 2.75) is 18.7 Å². The summed E-state index contributed by atoms with van der Waals surface area (Å²) >= 11 is 0. The van der Waals surface area contributed by atoms with Crippen LogP contribution in [0.2, 0.25) is 0 Å². The van der Waals surface area contributed by atoms with Crippen molar-refractivity contribution in [3.8, 4) is 0 Å². The number of hydrogen-bond donors (Lipinski definition) is 2. The van der Waals surface area contributed by atoms with E-state index in [1.807, 2.05) is 19.9 Å². The van der Waals surface area contributed by atoms with E-state index >= 15 is 0 Å². The van der Waals surface area contributed by atoms with Gasteiger partial charge in [0.1, 0.15) is 4.90 Å². The zero-order chi connectivity index (χ0) is 14.0. The lowest BCUT2D eigenvalue weighted by atomic mass is 10.1. The third kappa shape index (κ3) is 2.82. The molecule has 3 N–H and O–H groups in total. The molecule has 0 aliphatic heterocycles. The van der Waals surface area contributed by atoms with E-state index in [2.05, 4.69) is 14.7 Å². The number of hydrogen-bond acceptors (Lipinski definition) is 5. The maximum absolute atomic E-state index is 12.1. The fraction of sp³-hybridized carbons (Fsp3) is 0.167. The van der Waals surface area contributed by atoms with Gasteiger partial charge in [-0.25, -0.2) is 18.4 Å². The maximum atomic E-state index is 12.1. The van der Waals surface area contributed by atoms with Crippen LogP contribution in [0.5, 0.6) is 0 Å². The Morgan fingerprint density at radius 2 is 1.79 bits per heavy atom. The van der Waals surface area contributed by atoms with Gasteiger partial charge in [-0.05, 0) is 31.0 Å². The van der Waals surface area contributed by atoms with Crippen molar-refractivity contribution >= 4 is 21.7 Å². The quantitative estimate of drug-likeness (QED) is 0.886. The van der Waals surface area contributed by atoms with Crippen LogP contribution in [-0.4, -0.2) is 18.4 Å². The van der Waals surface area contributed by atoms with E-state index in [1.54, 1.807) is 12.1 Å². The van der Waals surface area contributed by atoms with Crippen molar-refractivity contribution in [3.05, 3.63) is 41.7 Å². The molecular formula is C12H14N4O2S. The van der Waals surface area contributed by atoms with Gasteiger partial charge in [-0.2, -0.15) is 0 Å². The number of anilines is 2. The average molecular weight is 278 g/mol. The van der Waals surface area contributed by atoms with Crippen LogP contribution >= 0.6 is 0 Å². The Hall–Kier alpha value is -2.15. The first-order chi connectivity index (χ1) is 8.90. The summed E-state index contributed by atoms with van der Waals surface area (Å²) in [6.07, 6.45) is 2.35. The van der Waals surface area contributed by atoms with Crippen LogP contribution in [-0.2, 0) is 10.0 Å². The highest BCUT2D eigenvalue weighted by molar-refractivity contribution is 7.92. The highest BCUT2D eigenvalue weighted by atomic mass is 32.2. The van der Waals surface area contributed by atoms with E-state index in [9.17, 15) is 8.42 Å². The van der Waals surface area contributed by atoms with Gasteiger partial charge in [0, 0.05) is 0 Å². The van der Waals surface area contributed by atoms with Crippen LogP contribution in [0.3, 0.4) is 0 Å². The van der Waals surface area contributed by atoms with E-state index in [4.69, 9.17) is 5.73 Å². The van der Waals surface area contributed by atoms with Crippen molar-refractivity contribution in [3.63, 3.8) is 0 Å². The van der Waals surface area contributed by atoms with Crippen molar-refractivity contribution in [1.82, 2.24) is 9.97 Å². The van der Waals surface area contributed by atoms with Gasteiger partial charge in [0.15, 0.2) is 0 Å². The van der Waals surface area contributed by atoms with Gasteiger partial charge in [-0.3, -0.25) is 4.72 Å². The van der Waals surface area contributed by atoms with Gasteiger partial charge >= 0.3 is 0 Å². The van der Waals surface area contributed by atoms with Gasteiger partial charge in [0.2, 0.25) is 5.95 Å². The normalized spacial score (nSPS) is 11.3. The fourth-order valence-electron chi connectivity index (χ4n) is 1.53. The zero-order valence-corrected chi connectivity index (χ0v) is 11.4. The predicted octanol–water partition coefficient (Wildman–Crippen LogP) is 1.48. The summed E-state index contributed by atoms with van der Waals surface area (Å²) in [5.41, 5.74) is 7.75. The molecule has 0 amide bonds. The molecule has 7 heteroatoms. The van der Waals surface area contributed by atoms with Gasteiger partial charge in [-0.15, -0.1) is 0 Å². The molecule has 2 aromatic rings. The Morgan fingerprint density at radius 3 is 2.42 bits per heavy atom. The van der Waals surface area contributed by atoms with E-state index in [-0.39, 0.29) is 10.8 Å². The van der Waals surface area contributed by atoms with Gasteiger partial charge in [0.05, 0.1) is 18.1 Å². The van der Waals surface area contributed by atoms with Crippen LogP contribution in [0.25, 0.3) is 0 Å². The summed E-state index contributed by atoms with van der Waals surface area (Å²) in [6.45, 7) is 3.77. The standard InChI is InChI=1S/C12H14N4O2S/c1-8-4-3-5-11(9(8)2)16-19(17,18)10-6-14-12(13)15-7-10/h3-7,16H,1-2H3,(H2,13,14,15). The molecule has 0 unspecified atom stereocenters. The molecule has 19 heavy (non-hydrogen) atoms. The van der Waals surface area contributed by atoms with Crippen molar-refractivity contribution in [1.29, 1.82) is 0 Å². The van der Waals surface area contributed by atoms with Crippen LogP contribution < -0.4 is 10.5 Å². The number of rotatable bonds is 3. The summed E-state index contributed by atoms with van der Waals surface area (Å²) in [7, 11) is -3.70. The maximum Gasteiger partial charge on any atom is 0.264 e.